The Morgan fingerprint density at radius 1 is 1.33 bits per heavy atom. The summed E-state index contributed by atoms with van der Waals surface area (Å²) in [7, 11) is 1.53. The summed E-state index contributed by atoms with van der Waals surface area (Å²) in [5.41, 5.74) is 0.472. The van der Waals surface area contributed by atoms with Gasteiger partial charge in [-0.2, -0.15) is 4.98 Å². The van der Waals surface area contributed by atoms with Crippen molar-refractivity contribution >= 4 is 5.82 Å². The van der Waals surface area contributed by atoms with Crippen molar-refractivity contribution in [3.8, 4) is 11.6 Å². The molecule has 0 fully saturated rings. The summed E-state index contributed by atoms with van der Waals surface area (Å²) in [6.45, 7) is 0.282. The number of ether oxygens (including phenoxy) is 1. The molecule has 1 aromatic carbocycles. The van der Waals surface area contributed by atoms with Gasteiger partial charge in [-0.3, -0.25) is 0 Å². The molecular weight excluding hydrogens is 235 g/mol. The molecule has 1 heterocycles. The number of phenolic OH excluding ortho intramolecular Hbond substituents is 1. The Morgan fingerprint density at radius 2 is 2.17 bits per heavy atom. The fraction of sp³-hybridized carbons (Fsp3) is 0.154. The first-order valence-corrected chi connectivity index (χ1v) is 5.41. The van der Waals surface area contributed by atoms with Crippen LogP contribution >= 0.6 is 0 Å². The predicted octanol–water partition coefficient (Wildman–Crippen LogP) is 2.55. The number of nitrogens with zero attached hydrogens (tertiary/aromatic N) is 1. The number of anilines is 1. The Balaban J connectivity index is 2.08. The number of aromatic hydroxyl groups is 1. The number of benzene rings is 1. The van der Waals surface area contributed by atoms with Crippen LogP contribution in [0, 0.1) is 5.82 Å². The van der Waals surface area contributed by atoms with Gasteiger partial charge in [0, 0.05) is 18.2 Å². The van der Waals surface area contributed by atoms with Crippen molar-refractivity contribution in [2.24, 2.45) is 0 Å². The lowest BCUT2D eigenvalue weighted by molar-refractivity contribution is 0.398. The van der Waals surface area contributed by atoms with E-state index in [2.05, 4.69) is 10.3 Å². The van der Waals surface area contributed by atoms with Gasteiger partial charge in [-0.15, -0.1) is 0 Å². The Morgan fingerprint density at radius 3 is 2.94 bits per heavy atom. The molecule has 2 N–H and O–H groups in total. The summed E-state index contributed by atoms with van der Waals surface area (Å²) in [5, 5.41) is 12.5. The van der Waals surface area contributed by atoms with Crippen LogP contribution in [0.2, 0.25) is 0 Å². The number of halogens is 1. The number of rotatable bonds is 4. The Hall–Kier alpha value is -2.30. The maximum atomic E-state index is 13.0. The number of aromatic nitrogens is 1. The molecule has 0 amide bonds. The van der Waals surface area contributed by atoms with Crippen LogP contribution in [-0.4, -0.2) is 17.2 Å². The molecule has 0 bridgehead atoms. The van der Waals surface area contributed by atoms with Gasteiger partial charge in [-0.05, 0) is 24.3 Å². The summed E-state index contributed by atoms with van der Waals surface area (Å²) >= 11 is 0. The molecule has 5 heteroatoms. The maximum absolute atomic E-state index is 13.0. The second-order valence-corrected chi connectivity index (χ2v) is 3.69. The van der Waals surface area contributed by atoms with E-state index in [9.17, 15) is 9.50 Å². The molecule has 1 aromatic heterocycles. The molecule has 0 saturated heterocycles. The molecule has 0 radical (unpaired) electrons. The number of hydrogen-bond donors (Lipinski definition) is 2. The average molecular weight is 248 g/mol. The maximum Gasteiger partial charge on any atom is 0.214 e. The van der Waals surface area contributed by atoms with Gasteiger partial charge in [0.05, 0.1) is 7.11 Å². The van der Waals surface area contributed by atoms with Crippen molar-refractivity contribution in [3.63, 3.8) is 0 Å². The molecule has 2 aromatic rings. The highest BCUT2D eigenvalue weighted by Gasteiger charge is 2.03. The highest BCUT2D eigenvalue weighted by Crippen LogP contribution is 2.19. The van der Waals surface area contributed by atoms with Crippen LogP contribution in [0.4, 0.5) is 10.2 Å². The van der Waals surface area contributed by atoms with E-state index in [0.29, 0.717) is 17.3 Å². The molecule has 0 unspecified atom stereocenters. The Bertz CT molecular complexity index is 546. The van der Waals surface area contributed by atoms with E-state index >= 15 is 0 Å². The zero-order valence-corrected chi connectivity index (χ0v) is 9.85. The third kappa shape index (κ3) is 2.88. The fourth-order valence-corrected chi connectivity index (χ4v) is 1.51. The number of nitrogens with one attached hydrogen (secondary N) is 1. The third-order valence-corrected chi connectivity index (χ3v) is 2.43. The van der Waals surface area contributed by atoms with Gasteiger partial charge in [0.1, 0.15) is 17.4 Å². The highest BCUT2D eigenvalue weighted by molar-refractivity contribution is 5.40. The van der Waals surface area contributed by atoms with Gasteiger partial charge in [0.15, 0.2) is 0 Å². The monoisotopic (exact) mass is 248 g/mol. The quantitative estimate of drug-likeness (QED) is 0.873. The largest absolute Gasteiger partial charge is 0.508 e. The topological polar surface area (TPSA) is 54.4 Å². The molecule has 0 atom stereocenters. The zero-order valence-electron chi connectivity index (χ0n) is 9.85. The number of methoxy groups -OCH3 is 1. The first-order valence-electron chi connectivity index (χ1n) is 5.41. The summed E-state index contributed by atoms with van der Waals surface area (Å²) in [6.07, 6.45) is 0. The molecule has 0 aliphatic carbocycles. The van der Waals surface area contributed by atoms with E-state index in [1.54, 1.807) is 18.2 Å². The molecule has 2 rings (SSSR count). The van der Waals surface area contributed by atoms with Crippen LogP contribution in [0.3, 0.4) is 0 Å². The minimum atomic E-state index is -0.386. The van der Waals surface area contributed by atoms with Crippen molar-refractivity contribution in [3.05, 3.63) is 47.8 Å². The van der Waals surface area contributed by atoms with Crippen LogP contribution in [0.15, 0.2) is 36.4 Å². The summed E-state index contributed by atoms with van der Waals surface area (Å²) in [4.78, 5) is 4.15. The fourth-order valence-electron chi connectivity index (χ4n) is 1.51. The smallest absolute Gasteiger partial charge is 0.214 e. The molecule has 0 saturated carbocycles. The van der Waals surface area contributed by atoms with Gasteiger partial charge in [-0.1, -0.05) is 6.07 Å². The van der Waals surface area contributed by atoms with E-state index in [4.69, 9.17) is 4.74 Å². The molecule has 4 nitrogen and oxygen atoms in total. The van der Waals surface area contributed by atoms with Crippen LogP contribution in [0.5, 0.6) is 11.6 Å². The van der Waals surface area contributed by atoms with Crippen LogP contribution in [0.25, 0.3) is 0 Å². The SMILES string of the molecule is COc1cccc(NCc2cc(F)ccc2O)n1. The predicted molar refractivity (Wildman–Crippen MR) is 66.2 cm³/mol. The summed E-state index contributed by atoms with van der Waals surface area (Å²) in [5.74, 6) is 0.747. The average Bonchev–Trinajstić information content (AvgIpc) is 2.40. The zero-order chi connectivity index (χ0) is 13.0. The van der Waals surface area contributed by atoms with Crippen molar-refractivity contribution in [1.82, 2.24) is 4.98 Å². The molecule has 18 heavy (non-hydrogen) atoms. The van der Waals surface area contributed by atoms with Crippen molar-refractivity contribution in [2.45, 2.75) is 6.54 Å². The number of hydrogen-bond acceptors (Lipinski definition) is 4. The van der Waals surface area contributed by atoms with Gasteiger partial charge < -0.3 is 15.2 Å². The van der Waals surface area contributed by atoms with Crippen LogP contribution in [0.1, 0.15) is 5.56 Å². The second kappa shape index (κ2) is 5.35. The van der Waals surface area contributed by atoms with E-state index < -0.39 is 0 Å². The standard InChI is InChI=1S/C13H13FN2O2/c1-18-13-4-2-3-12(16-13)15-8-9-7-10(14)5-6-11(9)17/h2-7,17H,8H2,1H3,(H,15,16). The lowest BCUT2D eigenvalue weighted by Crippen LogP contribution is -2.02. The molecule has 0 aliphatic heterocycles. The Labute approximate surface area is 104 Å². The van der Waals surface area contributed by atoms with Gasteiger partial charge >= 0.3 is 0 Å². The van der Waals surface area contributed by atoms with Gasteiger partial charge in [0.2, 0.25) is 5.88 Å². The minimum absolute atomic E-state index is 0.0480. The van der Waals surface area contributed by atoms with Crippen LogP contribution < -0.4 is 10.1 Å². The molecule has 0 spiro atoms. The third-order valence-electron chi connectivity index (χ3n) is 2.43. The molecular formula is C13H13FN2O2. The first kappa shape index (κ1) is 12.2. The number of pyridine rings is 1. The molecule has 94 valence electrons. The van der Waals surface area contributed by atoms with E-state index in [1.807, 2.05) is 0 Å². The van der Waals surface area contributed by atoms with Crippen molar-refractivity contribution in [1.29, 1.82) is 0 Å². The lowest BCUT2D eigenvalue weighted by atomic mass is 10.2. The first-order chi connectivity index (χ1) is 8.69. The Kier molecular flexibility index (Phi) is 3.62. The van der Waals surface area contributed by atoms with Crippen LogP contribution in [-0.2, 0) is 6.54 Å². The van der Waals surface area contributed by atoms with E-state index in [1.165, 1.54) is 25.3 Å². The van der Waals surface area contributed by atoms with Gasteiger partial charge in [0.25, 0.3) is 0 Å². The van der Waals surface area contributed by atoms with Crippen molar-refractivity contribution < 1.29 is 14.2 Å². The molecule has 0 aliphatic rings. The van der Waals surface area contributed by atoms with E-state index in [-0.39, 0.29) is 18.1 Å². The van der Waals surface area contributed by atoms with E-state index in [0.717, 1.165) is 0 Å². The summed E-state index contributed by atoms with van der Waals surface area (Å²) < 4.78 is 18.0. The summed E-state index contributed by atoms with van der Waals surface area (Å²) in [6, 6.07) is 9.10. The second-order valence-electron chi connectivity index (χ2n) is 3.69. The normalized spacial score (nSPS) is 10.1. The minimum Gasteiger partial charge on any atom is -0.508 e. The van der Waals surface area contributed by atoms with Gasteiger partial charge in [-0.25, -0.2) is 4.39 Å². The number of phenols is 1. The van der Waals surface area contributed by atoms with Crippen molar-refractivity contribution in [2.75, 3.05) is 12.4 Å². The lowest BCUT2D eigenvalue weighted by Gasteiger charge is -2.08. The highest BCUT2D eigenvalue weighted by atomic mass is 19.1.